The van der Waals surface area contributed by atoms with Gasteiger partial charge in [-0.05, 0) is 24.5 Å². The maximum Gasteiger partial charge on any atom is 0.245 e. The van der Waals surface area contributed by atoms with Crippen LogP contribution in [0, 0.1) is 0 Å². The maximum absolute atomic E-state index is 12.2. The highest BCUT2D eigenvalue weighted by molar-refractivity contribution is 5.86. The highest BCUT2D eigenvalue weighted by Gasteiger charge is 2.24. The fourth-order valence-corrected chi connectivity index (χ4v) is 2.32. The van der Waals surface area contributed by atoms with Crippen LogP contribution in [0.4, 0.5) is 0 Å². The van der Waals surface area contributed by atoms with Crippen molar-refractivity contribution in [2.45, 2.75) is 32.9 Å². The Morgan fingerprint density at radius 3 is 2.61 bits per heavy atom. The first-order valence-electron chi connectivity index (χ1n) is 6.20. The van der Waals surface area contributed by atoms with E-state index in [1.165, 1.54) is 18.1 Å². The summed E-state index contributed by atoms with van der Waals surface area (Å²) in [6, 6.07) is 7.72. The molecule has 4 heteroatoms. The number of rotatable bonds is 2. The first-order chi connectivity index (χ1) is 8.58. The lowest BCUT2D eigenvalue weighted by Gasteiger charge is -2.31. The second-order valence-electron chi connectivity index (χ2n) is 4.70. The summed E-state index contributed by atoms with van der Waals surface area (Å²) in [4.78, 5) is 24.9. The van der Waals surface area contributed by atoms with E-state index in [1.807, 2.05) is 17.0 Å². The summed E-state index contributed by atoms with van der Waals surface area (Å²) in [5.74, 6) is -0.187. The number of hydrogen-bond donors (Lipinski definition) is 1. The lowest BCUT2D eigenvalue weighted by molar-refractivity contribution is -0.136. The SMILES string of the molecule is CC(=O)NC(C)C(=O)N1CCc2ccccc2C1. The van der Waals surface area contributed by atoms with E-state index in [0.29, 0.717) is 6.54 Å². The molecule has 0 spiro atoms. The first kappa shape index (κ1) is 12.6. The topological polar surface area (TPSA) is 49.4 Å². The van der Waals surface area contributed by atoms with Crippen LogP contribution in [0.25, 0.3) is 0 Å². The minimum absolute atomic E-state index is 0.0142. The third-order valence-electron chi connectivity index (χ3n) is 3.23. The fourth-order valence-electron chi connectivity index (χ4n) is 2.32. The van der Waals surface area contributed by atoms with Crippen molar-refractivity contribution in [1.82, 2.24) is 10.2 Å². The molecule has 1 unspecified atom stereocenters. The minimum Gasteiger partial charge on any atom is -0.345 e. The zero-order valence-corrected chi connectivity index (χ0v) is 10.8. The van der Waals surface area contributed by atoms with Crippen LogP contribution in [-0.4, -0.2) is 29.3 Å². The van der Waals surface area contributed by atoms with E-state index in [9.17, 15) is 9.59 Å². The van der Waals surface area contributed by atoms with Gasteiger partial charge in [-0.25, -0.2) is 0 Å². The Labute approximate surface area is 107 Å². The molecule has 1 atom stereocenters. The Hall–Kier alpha value is -1.84. The second-order valence-corrected chi connectivity index (χ2v) is 4.70. The molecule has 0 aliphatic carbocycles. The third kappa shape index (κ3) is 2.70. The fraction of sp³-hybridized carbons (Fsp3) is 0.429. The van der Waals surface area contributed by atoms with E-state index in [-0.39, 0.29) is 11.8 Å². The molecular formula is C14H18N2O2. The molecule has 1 heterocycles. The zero-order chi connectivity index (χ0) is 13.1. The van der Waals surface area contributed by atoms with Gasteiger partial charge < -0.3 is 10.2 Å². The summed E-state index contributed by atoms with van der Waals surface area (Å²) >= 11 is 0. The van der Waals surface area contributed by atoms with Gasteiger partial charge in [0, 0.05) is 20.0 Å². The van der Waals surface area contributed by atoms with E-state index >= 15 is 0 Å². The number of hydrogen-bond acceptors (Lipinski definition) is 2. The molecule has 2 rings (SSSR count). The van der Waals surface area contributed by atoms with Crippen LogP contribution in [0.15, 0.2) is 24.3 Å². The van der Waals surface area contributed by atoms with Crippen LogP contribution < -0.4 is 5.32 Å². The van der Waals surface area contributed by atoms with Gasteiger partial charge in [-0.15, -0.1) is 0 Å². The van der Waals surface area contributed by atoms with Crippen LogP contribution in [0.5, 0.6) is 0 Å². The van der Waals surface area contributed by atoms with Crippen LogP contribution in [0.2, 0.25) is 0 Å². The Balaban J connectivity index is 2.04. The largest absolute Gasteiger partial charge is 0.345 e. The third-order valence-corrected chi connectivity index (χ3v) is 3.23. The average Bonchev–Trinajstić information content (AvgIpc) is 2.36. The highest BCUT2D eigenvalue weighted by atomic mass is 16.2. The molecular weight excluding hydrogens is 228 g/mol. The van der Waals surface area contributed by atoms with Gasteiger partial charge in [0.1, 0.15) is 6.04 Å². The first-order valence-corrected chi connectivity index (χ1v) is 6.20. The van der Waals surface area contributed by atoms with Gasteiger partial charge in [-0.1, -0.05) is 24.3 Å². The number of nitrogens with zero attached hydrogens (tertiary/aromatic N) is 1. The molecule has 1 aromatic rings. The predicted molar refractivity (Wildman–Crippen MR) is 68.8 cm³/mol. The molecule has 96 valence electrons. The van der Waals surface area contributed by atoms with Crippen molar-refractivity contribution >= 4 is 11.8 Å². The second kappa shape index (κ2) is 5.21. The quantitative estimate of drug-likeness (QED) is 0.849. The highest BCUT2D eigenvalue weighted by Crippen LogP contribution is 2.18. The van der Waals surface area contributed by atoms with Gasteiger partial charge >= 0.3 is 0 Å². The standard InChI is InChI=1S/C14H18N2O2/c1-10(15-11(2)17)14(18)16-8-7-12-5-3-4-6-13(12)9-16/h3-6,10H,7-9H2,1-2H3,(H,15,17). The van der Waals surface area contributed by atoms with Crippen molar-refractivity contribution in [2.75, 3.05) is 6.54 Å². The molecule has 1 aromatic carbocycles. The average molecular weight is 246 g/mol. The Morgan fingerprint density at radius 2 is 1.94 bits per heavy atom. The van der Waals surface area contributed by atoms with Crippen molar-refractivity contribution in [1.29, 1.82) is 0 Å². The van der Waals surface area contributed by atoms with E-state index in [4.69, 9.17) is 0 Å². The van der Waals surface area contributed by atoms with Crippen LogP contribution in [0.1, 0.15) is 25.0 Å². The van der Waals surface area contributed by atoms with Gasteiger partial charge in [0.05, 0.1) is 0 Å². The van der Waals surface area contributed by atoms with Crippen molar-refractivity contribution < 1.29 is 9.59 Å². The predicted octanol–water partition coefficient (Wildman–Crippen LogP) is 1.10. The van der Waals surface area contributed by atoms with Crippen LogP contribution in [-0.2, 0) is 22.6 Å². The smallest absolute Gasteiger partial charge is 0.245 e. The molecule has 0 aromatic heterocycles. The lowest BCUT2D eigenvalue weighted by Crippen LogP contribution is -2.47. The van der Waals surface area contributed by atoms with Gasteiger partial charge in [-0.3, -0.25) is 9.59 Å². The summed E-state index contributed by atoms with van der Waals surface area (Å²) in [7, 11) is 0. The van der Waals surface area contributed by atoms with Gasteiger partial charge in [0.25, 0.3) is 0 Å². The van der Waals surface area contributed by atoms with Crippen LogP contribution >= 0.6 is 0 Å². The molecule has 18 heavy (non-hydrogen) atoms. The molecule has 0 saturated carbocycles. The minimum atomic E-state index is -0.451. The number of carbonyl (C=O) groups is 2. The normalized spacial score (nSPS) is 15.8. The van der Waals surface area contributed by atoms with Crippen molar-refractivity contribution in [2.24, 2.45) is 0 Å². The summed E-state index contributed by atoms with van der Waals surface area (Å²) in [5.41, 5.74) is 2.51. The Morgan fingerprint density at radius 1 is 1.28 bits per heavy atom. The Kier molecular flexibility index (Phi) is 3.65. The van der Waals surface area contributed by atoms with E-state index < -0.39 is 6.04 Å². The van der Waals surface area contributed by atoms with Gasteiger partial charge in [0.15, 0.2) is 0 Å². The van der Waals surface area contributed by atoms with Crippen molar-refractivity contribution in [3.8, 4) is 0 Å². The molecule has 2 amide bonds. The number of amides is 2. The molecule has 0 bridgehead atoms. The molecule has 1 N–H and O–H groups in total. The number of benzene rings is 1. The van der Waals surface area contributed by atoms with E-state index in [1.54, 1.807) is 6.92 Å². The maximum atomic E-state index is 12.2. The molecule has 0 fully saturated rings. The number of nitrogens with one attached hydrogen (secondary N) is 1. The van der Waals surface area contributed by atoms with Crippen molar-refractivity contribution in [3.63, 3.8) is 0 Å². The number of fused-ring (bicyclic) bond motifs is 1. The monoisotopic (exact) mass is 246 g/mol. The summed E-state index contributed by atoms with van der Waals surface area (Å²) in [6.07, 6.45) is 0.884. The molecule has 0 radical (unpaired) electrons. The zero-order valence-electron chi connectivity index (χ0n) is 10.8. The lowest BCUT2D eigenvalue weighted by atomic mass is 9.99. The van der Waals surface area contributed by atoms with E-state index in [2.05, 4.69) is 17.4 Å². The molecule has 1 aliphatic heterocycles. The van der Waals surface area contributed by atoms with E-state index in [0.717, 1.165) is 13.0 Å². The van der Waals surface area contributed by atoms with Gasteiger partial charge in [-0.2, -0.15) is 0 Å². The Bertz CT molecular complexity index is 471. The molecule has 0 saturated heterocycles. The number of carbonyl (C=O) groups excluding carboxylic acids is 2. The molecule has 1 aliphatic rings. The summed E-state index contributed by atoms with van der Waals surface area (Å²) in [5, 5.41) is 2.63. The summed E-state index contributed by atoms with van der Waals surface area (Å²) in [6.45, 7) is 4.51. The van der Waals surface area contributed by atoms with Gasteiger partial charge in [0.2, 0.25) is 11.8 Å². The molecule has 4 nitrogen and oxygen atoms in total. The van der Waals surface area contributed by atoms with Crippen molar-refractivity contribution in [3.05, 3.63) is 35.4 Å². The van der Waals surface area contributed by atoms with Crippen LogP contribution in [0.3, 0.4) is 0 Å². The summed E-state index contributed by atoms with van der Waals surface area (Å²) < 4.78 is 0.